The van der Waals surface area contributed by atoms with Crippen LogP contribution in [0.1, 0.15) is 42.7 Å². The zero-order valence-electron chi connectivity index (χ0n) is 19.5. The Kier molecular flexibility index (Phi) is 6.72. The smallest absolute Gasteiger partial charge is 0.407 e. The van der Waals surface area contributed by atoms with Crippen LogP contribution in [0.5, 0.6) is 0 Å². The molecule has 8 nitrogen and oxygen atoms in total. The fourth-order valence-electron chi connectivity index (χ4n) is 5.43. The molecule has 184 valence electrons. The first kappa shape index (κ1) is 23.4. The summed E-state index contributed by atoms with van der Waals surface area (Å²) in [5.74, 6) is -0.613. The summed E-state index contributed by atoms with van der Waals surface area (Å²) in [6.45, 7) is 1.84. The van der Waals surface area contributed by atoms with Gasteiger partial charge in [-0.25, -0.2) is 4.79 Å². The summed E-state index contributed by atoms with van der Waals surface area (Å²) in [6.07, 6.45) is 0.862. The highest BCUT2D eigenvalue weighted by Crippen LogP contribution is 2.44. The summed E-state index contributed by atoms with van der Waals surface area (Å²) in [7, 11) is 0. The summed E-state index contributed by atoms with van der Waals surface area (Å²) < 4.78 is 11.3. The summed E-state index contributed by atoms with van der Waals surface area (Å²) in [6, 6.07) is 15.9. The standard InChI is InChI=1S/C27H30N2O6/c30-24(31)11-5-6-17-14-29(15-17)26(32)25-23(12-13-34-25)28-27(33)35-16-22-20-9-3-1-7-18(20)19-8-2-4-10-21(19)22/h1-4,7-10,17,22-23,25H,5-6,11-16H2,(H,28,33)(H,30,31)/t23-,25+/m0/s1. The fourth-order valence-corrected chi connectivity index (χ4v) is 5.43. The molecule has 2 saturated heterocycles. The van der Waals surface area contributed by atoms with E-state index in [2.05, 4.69) is 29.6 Å². The number of ether oxygens (including phenoxy) is 2. The number of nitrogens with zero attached hydrogens (tertiary/aromatic N) is 1. The van der Waals surface area contributed by atoms with Crippen LogP contribution < -0.4 is 5.32 Å². The molecule has 8 heteroatoms. The molecule has 2 atom stereocenters. The molecule has 0 aromatic heterocycles. The first-order chi connectivity index (χ1) is 17.0. The second-order valence-corrected chi connectivity index (χ2v) is 9.55. The number of carboxylic acid groups (broad SMARTS) is 1. The SMILES string of the molecule is O=C(O)CCCC1CN(C(=O)[C@@H]2OCC[C@@H]2NC(=O)OCC2c3ccccc3-c3ccccc32)C1. The Morgan fingerprint density at radius 1 is 1.03 bits per heavy atom. The minimum Gasteiger partial charge on any atom is -0.481 e. The summed E-state index contributed by atoms with van der Waals surface area (Å²) in [5.41, 5.74) is 4.63. The minimum atomic E-state index is -0.793. The topological polar surface area (TPSA) is 105 Å². The molecule has 35 heavy (non-hydrogen) atoms. The van der Waals surface area contributed by atoms with Crippen molar-refractivity contribution < 1.29 is 29.0 Å². The maximum atomic E-state index is 12.9. The molecule has 2 heterocycles. The van der Waals surface area contributed by atoms with Crippen molar-refractivity contribution in [3.63, 3.8) is 0 Å². The molecule has 1 aliphatic carbocycles. The Morgan fingerprint density at radius 2 is 1.69 bits per heavy atom. The monoisotopic (exact) mass is 478 g/mol. The van der Waals surface area contributed by atoms with Crippen LogP contribution in [0.3, 0.4) is 0 Å². The molecular formula is C27H30N2O6. The van der Waals surface area contributed by atoms with Gasteiger partial charge in [0.1, 0.15) is 6.61 Å². The zero-order valence-corrected chi connectivity index (χ0v) is 19.5. The van der Waals surface area contributed by atoms with Crippen molar-refractivity contribution in [2.45, 2.75) is 43.7 Å². The van der Waals surface area contributed by atoms with Crippen LogP contribution in [0.2, 0.25) is 0 Å². The van der Waals surface area contributed by atoms with Crippen molar-refractivity contribution in [2.24, 2.45) is 5.92 Å². The maximum Gasteiger partial charge on any atom is 0.407 e. The van der Waals surface area contributed by atoms with Crippen LogP contribution in [0, 0.1) is 5.92 Å². The van der Waals surface area contributed by atoms with E-state index in [1.807, 2.05) is 24.3 Å². The quantitative estimate of drug-likeness (QED) is 0.603. The molecule has 2 aliphatic heterocycles. The number of nitrogens with one attached hydrogen (secondary N) is 1. The van der Waals surface area contributed by atoms with E-state index in [1.54, 1.807) is 4.90 Å². The van der Waals surface area contributed by atoms with E-state index in [9.17, 15) is 14.4 Å². The van der Waals surface area contributed by atoms with Gasteiger partial charge in [-0.15, -0.1) is 0 Å². The molecular weight excluding hydrogens is 448 g/mol. The number of rotatable bonds is 8. The number of alkyl carbamates (subject to hydrolysis) is 1. The van der Waals surface area contributed by atoms with E-state index in [4.69, 9.17) is 14.6 Å². The molecule has 2 aromatic rings. The second kappa shape index (κ2) is 10.1. The molecule has 3 aliphatic rings. The number of fused-ring (bicyclic) bond motifs is 3. The lowest BCUT2D eigenvalue weighted by Gasteiger charge is -2.41. The molecule has 2 aromatic carbocycles. The predicted octanol–water partition coefficient (Wildman–Crippen LogP) is 3.40. The highest BCUT2D eigenvalue weighted by molar-refractivity contribution is 5.84. The van der Waals surface area contributed by atoms with Gasteiger partial charge in [-0.3, -0.25) is 9.59 Å². The third kappa shape index (κ3) is 4.89. The van der Waals surface area contributed by atoms with Crippen LogP contribution in [0.25, 0.3) is 11.1 Å². The maximum absolute atomic E-state index is 12.9. The average Bonchev–Trinajstić information content (AvgIpc) is 3.41. The third-order valence-corrected chi connectivity index (χ3v) is 7.25. The molecule has 0 radical (unpaired) electrons. The molecule has 0 unspecified atom stereocenters. The van der Waals surface area contributed by atoms with E-state index in [1.165, 1.54) is 11.1 Å². The molecule has 0 bridgehead atoms. The van der Waals surface area contributed by atoms with Crippen molar-refractivity contribution in [1.29, 1.82) is 0 Å². The third-order valence-electron chi connectivity index (χ3n) is 7.25. The van der Waals surface area contributed by atoms with Crippen LogP contribution in [-0.4, -0.2) is 66.4 Å². The van der Waals surface area contributed by atoms with Crippen molar-refractivity contribution in [3.8, 4) is 11.1 Å². The van der Waals surface area contributed by atoms with Gasteiger partial charge in [0.05, 0.1) is 6.04 Å². The van der Waals surface area contributed by atoms with Gasteiger partial charge < -0.3 is 24.8 Å². The number of carboxylic acids is 1. The first-order valence-electron chi connectivity index (χ1n) is 12.2. The number of benzene rings is 2. The lowest BCUT2D eigenvalue weighted by molar-refractivity contribution is -0.148. The Bertz CT molecular complexity index is 1070. The molecule has 0 spiro atoms. The van der Waals surface area contributed by atoms with E-state index < -0.39 is 24.2 Å². The lowest BCUT2D eigenvalue weighted by Crippen LogP contribution is -2.57. The largest absolute Gasteiger partial charge is 0.481 e. The van der Waals surface area contributed by atoms with E-state index in [0.29, 0.717) is 38.5 Å². The van der Waals surface area contributed by atoms with Crippen molar-refractivity contribution in [2.75, 3.05) is 26.3 Å². The van der Waals surface area contributed by atoms with Crippen LogP contribution >= 0.6 is 0 Å². The Labute approximate surface area is 204 Å². The van der Waals surface area contributed by atoms with E-state index in [-0.39, 0.29) is 24.9 Å². The number of aliphatic carboxylic acids is 1. The van der Waals surface area contributed by atoms with Crippen LogP contribution in [-0.2, 0) is 19.1 Å². The van der Waals surface area contributed by atoms with Gasteiger partial charge in [-0.1, -0.05) is 48.5 Å². The second-order valence-electron chi connectivity index (χ2n) is 9.55. The normalized spacial score (nSPS) is 21.2. The minimum absolute atomic E-state index is 0.0236. The highest BCUT2D eigenvalue weighted by Gasteiger charge is 2.42. The fraction of sp³-hybridized carbons (Fsp3) is 0.444. The van der Waals surface area contributed by atoms with Crippen LogP contribution in [0.4, 0.5) is 4.79 Å². The Morgan fingerprint density at radius 3 is 2.34 bits per heavy atom. The lowest BCUT2D eigenvalue weighted by atomic mass is 9.93. The average molecular weight is 479 g/mol. The Hall–Kier alpha value is -3.39. The van der Waals surface area contributed by atoms with Gasteiger partial charge in [0.15, 0.2) is 6.10 Å². The van der Waals surface area contributed by atoms with Gasteiger partial charge in [0, 0.05) is 32.0 Å². The first-order valence-corrected chi connectivity index (χ1v) is 12.2. The summed E-state index contributed by atoms with van der Waals surface area (Å²) in [4.78, 5) is 38.0. The molecule has 5 rings (SSSR count). The van der Waals surface area contributed by atoms with E-state index >= 15 is 0 Å². The number of hydrogen-bond acceptors (Lipinski definition) is 5. The predicted molar refractivity (Wildman–Crippen MR) is 128 cm³/mol. The van der Waals surface area contributed by atoms with Crippen molar-refractivity contribution >= 4 is 18.0 Å². The van der Waals surface area contributed by atoms with Crippen molar-refractivity contribution in [1.82, 2.24) is 10.2 Å². The molecule has 2 amide bonds. The van der Waals surface area contributed by atoms with Gasteiger partial charge in [-0.2, -0.15) is 0 Å². The molecule has 2 N–H and O–H groups in total. The number of carbonyl (C=O) groups excluding carboxylic acids is 2. The summed E-state index contributed by atoms with van der Waals surface area (Å²) in [5, 5.41) is 11.6. The van der Waals surface area contributed by atoms with Gasteiger partial charge >= 0.3 is 12.1 Å². The highest BCUT2D eigenvalue weighted by atomic mass is 16.6. The van der Waals surface area contributed by atoms with E-state index in [0.717, 1.165) is 17.5 Å². The van der Waals surface area contributed by atoms with Gasteiger partial charge in [0.2, 0.25) is 0 Å². The molecule has 2 fully saturated rings. The molecule has 0 saturated carbocycles. The number of amides is 2. The number of likely N-dealkylation sites (tertiary alicyclic amines) is 1. The van der Waals surface area contributed by atoms with Crippen LogP contribution in [0.15, 0.2) is 48.5 Å². The number of hydrogen-bond donors (Lipinski definition) is 2. The van der Waals surface area contributed by atoms with Gasteiger partial charge in [0.25, 0.3) is 5.91 Å². The summed E-state index contributed by atoms with van der Waals surface area (Å²) >= 11 is 0. The van der Waals surface area contributed by atoms with Gasteiger partial charge in [-0.05, 0) is 47.4 Å². The number of carbonyl (C=O) groups is 3. The Balaban J connectivity index is 1.12. The zero-order chi connectivity index (χ0) is 24.4. The van der Waals surface area contributed by atoms with Crippen molar-refractivity contribution in [3.05, 3.63) is 59.7 Å².